The van der Waals surface area contributed by atoms with Gasteiger partial charge in [-0.2, -0.15) is 8.42 Å². The van der Waals surface area contributed by atoms with E-state index in [0.29, 0.717) is 16.2 Å². The van der Waals surface area contributed by atoms with Gasteiger partial charge in [0, 0.05) is 12.1 Å². The third-order valence-corrected chi connectivity index (χ3v) is 7.11. The molecule has 0 spiro atoms. The van der Waals surface area contributed by atoms with E-state index in [2.05, 4.69) is 18.0 Å². The first-order chi connectivity index (χ1) is 18.8. The van der Waals surface area contributed by atoms with Crippen molar-refractivity contribution in [2.24, 2.45) is 5.92 Å². The van der Waals surface area contributed by atoms with Gasteiger partial charge in [0.2, 0.25) is 10.3 Å². The fourth-order valence-corrected chi connectivity index (χ4v) is 5.16. The fourth-order valence-electron chi connectivity index (χ4n) is 4.30. The SMILES string of the molecule is CC(C)C1Oc2ccccc2C1=S(=O)=O.COc1ccc(CN(C)CCCCOc2ccccc2)cc1OC. The van der Waals surface area contributed by atoms with Gasteiger partial charge in [-0.05, 0) is 74.3 Å². The lowest BCUT2D eigenvalue weighted by Crippen LogP contribution is -2.27. The van der Waals surface area contributed by atoms with E-state index in [9.17, 15) is 8.42 Å². The predicted molar refractivity (Wildman–Crippen MR) is 156 cm³/mol. The van der Waals surface area contributed by atoms with Gasteiger partial charge < -0.3 is 23.8 Å². The number of methoxy groups -OCH3 is 2. The van der Waals surface area contributed by atoms with Crippen LogP contribution in [0.4, 0.5) is 0 Å². The van der Waals surface area contributed by atoms with Crippen LogP contribution in [0.2, 0.25) is 0 Å². The lowest BCUT2D eigenvalue weighted by Gasteiger charge is -2.18. The molecule has 3 aromatic carbocycles. The van der Waals surface area contributed by atoms with Crippen molar-refractivity contribution in [2.75, 3.05) is 34.4 Å². The Morgan fingerprint density at radius 1 is 0.897 bits per heavy atom. The first-order valence-corrected chi connectivity index (χ1v) is 14.2. The Balaban J connectivity index is 0.000000239. The van der Waals surface area contributed by atoms with Gasteiger partial charge in [0.1, 0.15) is 22.5 Å². The molecule has 7 nitrogen and oxygen atoms in total. The maximum atomic E-state index is 11.2. The van der Waals surface area contributed by atoms with Gasteiger partial charge >= 0.3 is 0 Å². The number of para-hydroxylation sites is 2. The van der Waals surface area contributed by atoms with Crippen LogP contribution < -0.4 is 18.9 Å². The summed E-state index contributed by atoms with van der Waals surface area (Å²) in [5.41, 5.74) is 1.92. The van der Waals surface area contributed by atoms with E-state index in [1.807, 2.05) is 68.4 Å². The summed E-state index contributed by atoms with van der Waals surface area (Å²) in [5, 5.41) is 0. The van der Waals surface area contributed by atoms with Crippen molar-refractivity contribution in [1.82, 2.24) is 4.90 Å². The van der Waals surface area contributed by atoms with Crippen LogP contribution in [-0.4, -0.2) is 58.7 Å². The number of benzene rings is 3. The van der Waals surface area contributed by atoms with E-state index in [1.54, 1.807) is 26.4 Å². The molecule has 0 saturated carbocycles. The second-order valence-electron chi connectivity index (χ2n) is 9.67. The Morgan fingerprint density at radius 3 is 2.26 bits per heavy atom. The van der Waals surface area contributed by atoms with Gasteiger partial charge in [0.15, 0.2) is 11.5 Å². The summed E-state index contributed by atoms with van der Waals surface area (Å²) >= 11 is 0. The van der Waals surface area contributed by atoms with Crippen LogP contribution in [0.25, 0.3) is 0 Å². The van der Waals surface area contributed by atoms with Crippen LogP contribution in [0.15, 0.2) is 72.8 Å². The molecule has 0 radical (unpaired) electrons. The van der Waals surface area contributed by atoms with E-state index in [0.717, 1.165) is 49.8 Å². The lowest BCUT2D eigenvalue weighted by molar-refractivity contribution is 0.231. The van der Waals surface area contributed by atoms with E-state index in [-0.39, 0.29) is 12.0 Å². The van der Waals surface area contributed by atoms with Gasteiger partial charge in [-0.25, -0.2) is 0 Å². The topological polar surface area (TPSA) is 74.3 Å². The molecule has 1 atom stereocenters. The highest BCUT2D eigenvalue weighted by Gasteiger charge is 2.33. The molecule has 0 amide bonds. The van der Waals surface area contributed by atoms with Crippen molar-refractivity contribution in [3.63, 3.8) is 0 Å². The highest BCUT2D eigenvalue weighted by atomic mass is 32.2. The zero-order chi connectivity index (χ0) is 28.2. The van der Waals surface area contributed by atoms with Crippen molar-refractivity contribution in [2.45, 2.75) is 39.3 Å². The summed E-state index contributed by atoms with van der Waals surface area (Å²) in [5.74, 6) is 3.29. The maximum Gasteiger partial charge on any atom is 0.221 e. The normalized spacial score (nSPS) is 13.8. The molecule has 0 N–H and O–H groups in total. The molecule has 1 heterocycles. The Labute approximate surface area is 233 Å². The summed E-state index contributed by atoms with van der Waals surface area (Å²) in [6.07, 6.45) is 1.81. The van der Waals surface area contributed by atoms with E-state index in [4.69, 9.17) is 18.9 Å². The molecule has 1 unspecified atom stereocenters. The van der Waals surface area contributed by atoms with Crippen LogP contribution in [0, 0.1) is 5.92 Å². The van der Waals surface area contributed by atoms with Crippen molar-refractivity contribution >= 4 is 15.2 Å². The molecule has 0 saturated heterocycles. The van der Waals surface area contributed by atoms with Crippen LogP contribution in [0.3, 0.4) is 0 Å². The monoisotopic (exact) mass is 553 g/mol. The van der Waals surface area contributed by atoms with Crippen molar-refractivity contribution in [1.29, 1.82) is 0 Å². The zero-order valence-electron chi connectivity index (χ0n) is 23.4. The number of ether oxygens (including phenoxy) is 4. The maximum absolute atomic E-state index is 11.2. The van der Waals surface area contributed by atoms with Crippen molar-refractivity contribution in [3.8, 4) is 23.0 Å². The van der Waals surface area contributed by atoms with Crippen LogP contribution in [-0.2, 0) is 16.8 Å². The third-order valence-electron chi connectivity index (χ3n) is 6.30. The molecular formula is C31H39NO6S. The van der Waals surface area contributed by atoms with E-state index >= 15 is 0 Å². The number of fused-ring (bicyclic) bond motifs is 1. The van der Waals surface area contributed by atoms with Crippen LogP contribution >= 0.6 is 0 Å². The molecule has 0 bridgehead atoms. The summed E-state index contributed by atoms with van der Waals surface area (Å²) in [6, 6.07) is 23.3. The minimum absolute atomic E-state index is 0.144. The molecule has 1 aliphatic heterocycles. The van der Waals surface area contributed by atoms with Crippen LogP contribution in [0.5, 0.6) is 23.0 Å². The van der Waals surface area contributed by atoms with Gasteiger partial charge in [0.25, 0.3) is 0 Å². The minimum atomic E-state index is -2.21. The standard InChI is InChI=1S/C20H27NO3.C11H12O3S/c1-21(13-7-8-14-24-18-9-5-4-6-10-18)16-17-11-12-19(22-2)20(15-17)23-3;1-7(2)10-11(15(12)13)8-5-3-4-6-9(8)14-10/h4-6,9-12,15H,7-8,13-14,16H2,1-3H3;3-7,10H,1-2H3. The average molecular weight is 554 g/mol. The smallest absolute Gasteiger partial charge is 0.221 e. The van der Waals surface area contributed by atoms with Crippen molar-refractivity contribution in [3.05, 3.63) is 83.9 Å². The molecule has 0 fully saturated rings. The van der Waals surface area contributed by atoms with Crippen molar-refractivity contribution < 1.29 is 27.4 Å². The second-order valence-corrected chi connectivity index (χ2v) is 10.6. The minimum Gasteiger partial charge on any atom is -0.494 e. The second kappa shape index (κ2) is 15.2. The molecule has 0 aliphatic carbocycles. The number of hydrogen-bond acceptors (Lipinski definition) is 7. The molecular weight excluding hydrogens is 514 g/mol. The average Bonchev–Trinajstić information content (AvgIpc) is 3.34. The molecule has 39 heavy (non-hydrogen) atoms. The van der Waals surface area contributed by atoms with Gasteiger partial charge in [-0.3, -0.25) is 0 Å². The summed E-state index contributed by atoms with van der Waals surface area (Å²) in [6.45, 7) is 6.58. The van der Waals surface area contributed by atoms with Gasteiger partial charge in [-0.15, -0.1) is 0 Å². The third kappa shape index (κ3) is 8.76. The first-order valence-electron chi connectivity index (χ1n) is 13.1. The Kier molecular flexibility index (Phi) is 11.7. The highest BCUT2D eigenvalue weighted by Crippen LogP contribution is 2.31. The summed E-state index contributed by atoms with van der Waals surface area (Å²) in [4.78, 5) is 2.68. The number of nitrogens with zero attached hydrogens (tertiary/aromatic N) is 1. The number of unbranched alkanes of at least 4 members (excludes halogenated alkanes) is 1. The molecule has 210 valence electrons. The van der Waals surface area contributed by atoms with Crippen LogP contribution in [0.1, 0.15) is 37.8 Å². The molecule has 0 aromatic heterocycles. The van der Waals surface area contributed by atoms with E-state index < -0.39 is 10.3 Å². The number of rotatable bonds is 11. The molecule has 8 heteroatoms. The summed E-state index contributed by atoms with van der Waals surface area (Å²) < 4.78 is 44.3. The number of hydrogen-bond donors (Lipinski definition) is 0. The Hall–Kier alpha value is -3.49. The Bertz CT molecular complexity index is 1320. The highest BCUT2D eigenvalue weighted by molar-refractivity contribution is 7.73. The molecule has 1 aliphatic rings. The predicted octanol–water partition coefficient (Wildman–Crippen LogP) is 5.50. The van der Waals surface area contributed by atoms with Gasteiger partial charge in [0.05, 0.1) is 20.8 Å². The van der Waals surface area contributed by atoms with Gasteiger partial charge in [-0.1, -0.05) is 50.2 Å². The lowest BCUT2D eigenvalue weighted by atomic mass is 10.0. The van der Waals surface area contributed by atoms with E-state index in [1.165, 1.54) is 5.56 Å². The molecule has 3 aromatic rings. The summed E-state index contributed by atoms with van der Waals surface area (Å²) in [7, 11) is 3.24. The first kappa shape index (κ1) is 30.1. The quantitative estimate of drug-likeness (QED) is 0.229. The Morgan fingerprint density at radius 2 is 1.59 bits per heavy atom. The fraction of sp³-hybridized carbons (Fsp3) is 0.387. The largest absolute Gasteiger partial charge is 0.494 e. The zero-order valence-corrected chi connectivity index (χ0v) is 24.2. The molecule has 4 rings (SSSR count).